The highest BCUT2D eigenvalue weighted by atomic mass is 32.1. The van der Waals surface area contributed by atoms with Gasteiger partial charge < -0.3 is 14.7 Å². The molecule has 0 saturated heterocycles. The summed E-state index contributed by atoms with van der Waals surface area (Å²) < 4.78 is 44.7. The molecular weight excluding hydrogens is 525 g/mol. The molecule has 4 aromatic rings. The highest BCUT2D eigenvalue weighted by Crippen LogP contribution is 2.31. The van der Waals surface area contributed by atoms with Crippen LogP contribution < -0.4 is 9.64 Å². The van der Waals surface area contributed by atoms with Crippen LogP contribution in [0.1, 0.15) is 36.1 Å². The summed E-state index contributed by atoms with van der Waals surface area (Å²) in [6, 6.07) is 20.5. The predicted octanol–water partition coefficient (Wildman–Crippen LogP) is 7.63. The van der Waals surface area contributed by atoms with Crippen molar-refractivity contribution in [3.63, 3.8) is 0 Å². The summed E-state index contributed by atoms with van der Waals surface area (Å²) in [5, 5.41) is 12.0. The summed E-state index contributed by atoms with van der Waals surface area (Å²) in [6.07, 6.45) is -3.74. The summed E-state index contributed by atoms with van der Waals surface area (Å²) >= 11 is 1.49. The van der Waals surface area contributed by atoms with Gasteiger partial charge in [0.05, 0.1) is 11.3 Å². The van der Waals surface area contributed by atoms with Gasteiger partial charge in [-0.25, -0.2) is 9.78 Å². The second-order valence-corrected chi connectivity index (χ2v) is 10.6. The van der Waals surface area contributed by atoms with Crippen molar-refractivity contribution in [1.82, 2.24) is 4.98 Å². The lowest BCUT2D eigenvalue weighted by molar-refractivity contribution is -0.152. The number of halogens is 3. The monoisotopic (exact) mass is 554 g/mol. The van der Waals surface area contributed by atoms with Crippen molar-refractivity contribution in [2.45, 2.75) is 45.5 Å². The third kappa shape index (κ3) is 7.38. The van der Waals surface area contributed by atoms with Gasteiger partial charge in [-0.05, 0) is 62.6 Å². The van der Waals surface area contributed by atoms with Crippen LogP contribution in [0, 0.1) is 6.92 Å². The summed E-state index contributed by atoms with van der Waals surface area (Å²) in [7, 11) is 0. The minimum atomic E-state index is -4.38. The Balaban J connectivity index is 1.52. The number of carboxylic acid groups (broad SMARTS) is 1. The number of hydrogen-bond donors (Lipinski definition) is 1. The average molecular weight is 555 g/mol. The molecule has 1 N–H and O–H groups in total. The fraction of sp³-hybridized carbons (Fsp3) is 0.267. The van der Waals surface area contributed by atoms with Gasteiger partial charge in [0.25, 0.3) is 0 Å². The fourth-order valence-electron chi connectivity index (χ4n) is 3.85. The predicted molar refractivity (Wildman–Crippen MR) is 147 cm³/mol. The number of carboxylic acids is 1. The number of benzene rings is 3. The zero-order chi connectivity index (χ0) is 28.2. The molecule has 1 heterocycles. The average Bonchev–Trinajstić information content (AvgIpc) is 3.37. The lowest BCUT2D eigenvalue weighted by Gasteiger charge is -2.23. The van der Waals surface area contributed by atoms with Crippen LogP contribution in [-0.4, -0.2) is 28.2 Å². The summed E-state index contributed by atoms with van der Waals surface area (Å²) in [6.45, 7) is 5.96. The van der Waals surface area contributed by atoms with Gasteiger partial charge in [-0.3, -0.25) is 0 Å². The number of thiazole rings is 1. The summed E-state index contributed by atoms with van der Waals surface area (Å²) in [4.78, 5) is 18.2. The van der Waals surface area contributed by atoms with E-state index in [1.807, 2.05) is 48.7 Å². The molecule has 204 valence electrons. The van der Waals surface area contributed by atoms with Gasteiger partial charge in [0.2, 0.25) is 0 Å². The number of aromatic nitrogens is 1. The molecule has 4 rings (SSSR count). The van der Waals surface area contributed by atoms with Crippen LogP contribution >= 0.6 is 11.3 Å². The number of rotatable bonds is 10. The Morgan fingerprint density at radius 3 is 2.15 bits per heavy atom. The zero-order valence-corrected chi connectivity index (χ0v) is 22.6. The maximum atomic E-state index is 13.0. The number of hydrogen-bond acceptors (Lipinski definition) is 5. The van der Waals surface area contributed by atoms with E-state index in [1.54, 1.807) is 12.1 Å². The molecule has 5 nitrogen and oxygen atoms in total. The van der Waals surface area contributed by atoms with Gasteiger partial charge in [0, 0.05) is 24.0 Å². The second-order valence-electron chi connectivity index (χ2n) is 9.81. The van der Waals surface area contributed by atoms with Gasteiger partial charge in [0.1, 0.15) is 5.75 Å². The summed E-state index contributed by atoms with van der Waals surface area (Å²) in [5.74, 6) is -0.602. The number of nitrogens with zero attached hydrogens (tertiary/aromatic N) is 2. The Morgan fingerprint density at radius 2 is 1.56 bits per heavy atom. The third-order valence-corrected chi connectivity index (χ3v) is 7.15. The van der Waals surface area contributed by atoms with Crippen LogP contribution in [0.25, 0.3) is 11.3 Å². The SMILES string of the molecule is Cc1ccc(-c2csc(N(CCc3ccc(OC(C)(C)C(=O)O)cc3)Cc3ccc(C(F)(F)F)cc3)n2)cc1. The maximum Gasteiger partial charge on any atom is 0.416 e. The van der Waals surface area contributed by atoms with Crippen LogP contribution in [0.4, 0.5) is 18.3 Å². The Bertz CT molecular complexity index is 1400. The van der Waals surface area contributed by atoms with Crippen LogP contribution in [0.3, 0.4) is 0 Å². The number of aryl methyl sites for hydroxylation is 1. The van der Waals surface area contributed by atoms with Crippen molar-refractivity contribution >= 4 is 22.4 Å². The second kappa shape index (κ2) is 11.5. The lowest BCUT2D eigenvalue weighted by Crippen LogP contribution is -2.37. The van der Waals surface area contributed by atoms with E-state index in [4.69, 9.17) is 9.72 Å². The van der Waals surface area contributed by atoms with E-state index >= 15 is 0 Å². The topological polar surface area (TPSA) is 62.7 Å². The van der Waals surface area contributed by atoms with Crippen molar-refractivity contribution in [1.29, 1.82) is 0 Å². The van der Waals surface area contributed by atoms with Gasteiger partial charge >= 0.3 is 12.1 Å². The molecule has 0 spiro atoms. The Morgan fingerprint density at radius 1 is 0.949 bits per heavy atom. The molecule has 0 fully saturated rings. The van der Waals surface area contributed by atoms with E-state index in [0.717, 1.165) is 45.2 Å². The van der Waals surface area contributed by atoms with Crippen molar-refractivity contribution in [3.8, 4) is 17.0 Å². The van der Waals surface area contributed by atoms with E-state index in [2.05, 4.69) is 4.90 Å². The van der Waals surface area contributed by atoms with E-state index in [1.165, 1.54) is 37.3 Å². The Hall–Kier alpha value is -3.85. The molecule has 0 atom stereocenters. The molecule has 0 radical (unpaired) electrons. The minimum absolute atomic E-state index is 0.396. The lowest BCUT2D eigenvalue weighted by atomic mass is 10.1. The Kier molecular flexibility index (Phi) is 8.30. The molecule has 9 heteroatoms. The number of alkyl halides is 3. The first-order valence-corrected chi connectivity index (χ1v) is 13.2. The summed E-state index contributed by atoms with van der Waals surface area (Å²) in [5.41, 5.74) is 2.72. The maximum absolute atomic E-state index is 13.0. The molecule has 39 heavy (non-hydrogen) atoms. The fourth-order valence-corrected chi connectivity index (χ4v) is 4.72. The van der Waals surface area contributed by atoms with Gasteiger partial charge in [0.15, 0.2) is 10.7 Å². The van der Waals surface area contributed by atoms with E-state index in [-0.39, 0.29) is 0 Å². The zero-order valence-electron chi connectivity index (χ0n) is 21.8. The molecule has 0 saturated carbocycles. The van der Waals surface area contributed by atoms with Crippen molar-refractivity contribution in [2.75, 3.05) is 11.4 Å². The standard InChI is InChI=1S/C30H29F3N2O3S/c1-20-4-10-23(11-5-20)26-19-39-28(34-26)35(18-22-6-12-24(13-7-22)30(31,32)33)17-16-21-8-14-25(15-9-21)38-29(2,3)27(36)37/h4-15,19H,16-18H2,1-3H3,(H,36,37). The molecule has 0 aliphatic carbocycles. The van der Waals surface area contributed by atoms with E-state index in [9.17, 15) is 23.1 Å². The first-order chi connectivity index (χ1) is 18.4. The Labute approximate surface area is 229 Å². The number of aliphatic carboxylic acids is 1. The van der Waals surface area contributed by atoms with Crippen LogP contribution in [0.15, 0.2) is 78.2 Å². The van der Waals surface area contributed by atoms with Gasteiger partial charge in [-0.15, -0.1) is 11.3 Å². The number of ether oxygens (including phenoxy) is 1. The normalized spacial score (nSPS) is 11.8. The number of anilines is 1. The number of carbonyl (C=O) groups is 1. The van der Waals surface area contributed by atoms with Crippen molar-refractivity contribution in [2.24, 2.45) is 0 Å². The van der Waals surface area contributed by atoms with Crippen LogP contribution in [0.5, 0.6) is 5.75 Å². The molecular formula is C30H29F3N2O3S. The first-order valence-electron chi connectivity index (χ1n) is 12.4. The minimum Gasteiger partial charge on any atom is -0.478 e. The van der Waals surface area contributed by atoms with Crippen molar-refractivity contribution in [3.05, 3.63) is 100 Å². The van der Waals surface area contributed by atoms with Crippen molar-refractivity contribution < 1.29 is 27.8 Å². The van der Waals surface area contributed by atoms with E-state index < -0.39 is 23.3 Å². The molecule has 0 aliphatic rings. The molecule has 0 aliphatic heterocycles. The van der Waals surface area contributed by atoms with Gasteiger partial charge in [-0.2, -0.15) is 13.2 Å². The quantitative estimate of drug-likeness (QED) is 0.218. The highest BCUT2D eigenvalue weighted by molar-refractivity contribution is 7.14. The van der Waals surface area contributed by atoms with Gasteiger partial charge in [-0.1, -0.05) is 54.1 Å². The van der Waals surface area contributed by atoms with E-state index in [0.29, 0.717) is 25.3 Å². The largest absolute Gasteiger partial charge is 0.478 e. The van der Waals surface area contributed by atoms with Crippen LogP contribution in [0.2, 0.25) is 0 Å². The molecule has 3 aromatic carbocycles. The third-order valence-electron chi connectivity index (χ3n) is 6.25. The molecule has 1 aromatic heterocycles. The molecule has 0 unspecified atom stereocenters. The molecule has 0 amide bonds. The smallest absolute Gasteiger partial charge is 0.416 e. The molecule has 0 bridgehead atoms. The highest BCUT2D eigenvalue weighted by Gasteiger charge is 2.30. The van der Waals surface area contributed by atoms with Crippen LogP contribution in [-0.2, 0) is 23.9 Å². The first kappa shape index (κ1) is 28.2.